The fourth-order valence-electron chi connectivity index (χ4n) is 4.26. The standard InChI is InChI=1S/C28H45F3N5O5P/c1-24(20-36-22-35-25-26(32)33-21-34-27(25)36)40-23-42(37,38)41-19-15-18-39-17-14-12-10-8-6-4-2-3-5-7-9-11-13-16-28(29,30)31/h21-22,24H,2-12,14-15,17-20,23H2,1H3,(H,37,38)(H2,32,33,34)/t24-/m1/s1. The third kappa shape index (κ3) is 16.4. The molecule has 0 aliphatic heterocycles. The summed E-state index contributed by atoms with van der Waals surface area (Å²) in [7, 11) is -3.88. The number of ether oxygens (including phenoxy) is 2. The van der Waals surface area contributed by atoms with E-state index in [0.29, 0.717) is 43.8 Å². The van der Waals surface area contributed by atoms with Gasteiger partial charge in [0.2, 0.25) is 0 Å². The Morgan fingerprint density at radius 2 is 1.57 bits per heavy atom. The third-order valence-corrected chi connectivity index (χ3v) is 7.51. The average molecular weight is 620 g/mol. The number of halogens is 3. The molecule has 0 saturated carbocycles. The zero-order chi connectivity index (χ0) is 30.7. The number of hydrogen-bond donors (Lipinski definition) is 2. The second-order valence-electron chi connectivity index (χ2n) is 10.3. The molecule has 10 nitrogen and oxygen atoms in total. The highest BCUT2D eigenvalue weighted by Gasteiger charge is 2.23. The van der Waals surface area contributed by atoms with Crippen LogP contribution in [0.15, 0.2) is 12.7 Å². The maximum Gasteiger partial charge on any atom is 0.457 e. The predicted octanol–water partition coefficient (Wildman–Crippen LogP) is 6.63. The first-order chi connectivity index (χ1) is 20.1. The number of unbranched alkanes of at least 4 members (excludes halogenated alkanes) is 11. The SMILES string of the molecule is C[C@H](Cn1cnc2c(N)ncnc21)OCP(=O)(O)OCCCOCCCCCCCCCCCCCC#CC(F)(F)F. The highest BCUT2D eigenvalue weighted by Crippen LogP contribution is 2.42. The number of fused-ring (bicyclic) bond motifs is 1. The molecule has 0 saturated heterocycles. The van der Waals surface area contributed by atoms with Gasteiger partial charge in [-0.1, -0.05) is 63.7 Å². The molecule has 0 bridgehead atoms. The molecule has 2 atom stereocenters. The van der Waals surface area contributed by atoms with Crippen LogP contribution in [0.3, 0.4) is 0 Å². The number of imidazole rings is 1. The molecule has 2 aromatic rings. The number of rotatable bonds is 23. The first kappa shape index (κ1) is 36.0. The average Bonchev–Trinajstić information content (AvgIpc) is 3.34. The first-order valence-corrected chi connectivity index (χ1v) is 16.5. The molecule has 14 heteroatoms. The van der Waals surface area contributed by atoms with Gasteiger partial charge in [0.1, 0.15) is 18.2 Å². The number of aromatic nitrogens is 4. The van der Waals surface area contributed by atoms with Gasteiger partial charge in [-0.05, 0) is 26.2 Å². The molecule has 3 N–H and O–H groups in total. The molecule has 0 aromatic carbocycles. The Bertz CT molecular complexity index is 1140. The Balaban J connectivity index is 1.36. The van der Waals surface area contributed by atoms with Crippen molar-refractivity contribution in [1.29, 1.82) is 0 Å². The van der Waals surface area contributed by atoms with Gasteiger partial charge >= 0.3 is 13.8 Å². The second-order valence-corrected chi connectivity index (χ2v) is 12.1. The normalized spacial score (nSPS) is 14.0. The fourth-order valence-corrected chi connectivity index (χ4v) is 5.19. The molecular weight excluding hydrogens is 574 g/mol. The van der Waals surface area contributed by atoms with Crippen molar-refractivity contribution in [3.05, 3.63) is 12.7 Å². The Hall–Kier alpha value is -2.23. The number of nitrogens with zero attached hydrogens (tertiary/aromatic N) is 4. The van der Waals surface area contributed by atoms with Crippen molar-refractivity contribution in [2.75, 3.05) is 31.9 Å². The molecule has 2 aromatic heterocycles. The van der Waals surface area contributed by atoms with Gasteiger partial charge in [0, 0.05) is 25.6 Å². The molecule has 0 spiro atoms. The lowest BCUT2D eigenvalue weighted by molar-refractivity contribution is -0.0697. The van der Waals surface area contributed by atoms with Crippen LogP contribution in [0.4, 0.5) is 19.0 Å². The molecule has 42 heavy (non-hydrogen) atoms. The van der Waals surface area contributed by atoms with E-state index in [1.165, 1.54) is 37.9 Å². The summed E-state index contributed by atoms with van der Waals surface area (Å²) in [5, 5.41) is 0. The molecular formula is C28H45F3N5O5P. The number of nitrogen functional groups attached to an aromatic ring is 1. The summed E-state index contributed by atoms with van der Waals surface area (Å²) in [6.07, 6.45) is 10.4. The van der Waals surface area contributed by atoms with Crippen molar-refractivity contribution in [1.82, 2.24) is 19.5 Å². The lowest BCUT2D eigenvalue weighted by Gasteiger charge is -2.17. The van der Waals surface area contributed by atoms with Gasteiger partial charge in [-0.15, -0.1) is 0 Å². The number of nitrogens with two attached hydrogens (primary N) is 1. The van der Waals surface area contributed by atoms with Crippen molar-refractivity contribution >= 4 is 24.6 Å². The third-order valence-electron chi connectivity index (χ3n) is 6.45. The van der Waals surface area contributed by atoms with Crippen LogP contribution in [0.2, 0.25) is 0 Å². The van der Waals surface area contributed by atoms with Crippen LogP contribution < -0.4 is 5.73 Å². The Kier molecular flexibility index (Phi) is 17.0. The molecule has 2 heterocycles. The zero-order valence-electron chi connectivity index (χ0n) is 24.5. The Morgan fingerprint density at radius 3 is 2.24 bits per heavy atom. The van der Waals surface area contributed by atoms with Gasteiger partial charge in [0.05, 0.1) is 25.6 Å². The first-order valence-electron chi connectivity index (χ1n) is 14.7. The van der Waals surface area contributed by atoms with Gasteiger partial charge in [-0.2, -0.15) is 13.2 Å². The lowest BCUT2D eigenvalue weighted by atomic mass is 10.1. The summed E-state index contributed by atoms with van der Waals surface area (Å²) in [5.41, 5.74) is 6.86. The Morgan fingerprint density at radius 1 is 0.952 bits per heavy atom. The van der Waals surface area contributed by atoms with Crippen LogP contribution in [0.25, 0.3) is 11.2 Å². The molecule has 0 aliphatic carbocycles. The van der Waals surface area contributed by atoms with Crippen LogP contribution in [0, 0.1) is 11.8 Å². The lowest BCUT2D eigenvalue weighted by Crippen LogP contribution is -2.17. The molecule has 238 valence electrons. The summed E-state index contributed by atoms with van der Waals surface area (Å²) in [6, 6.07) is 0. The smallest absolute Gasteiger partial charge is 0.382 e. The minimum Gasteiger partial charge on any atom is -0.382 e. The van der Waals surface area contributed by atoms with Gasteiger partial charge in [-0.3, -0.25) is 4.57 Å². The van der Waals surface area contributed by atoms with Crippen LogP contribution in [0.5, 0.6) is 0 Å². The van der Waals surface area contributed by atoms with Gasteiger partial charge < -0.3 is 29.2 Å². The van der Waals surface area contributed by atoms with Crippen molar-refractivity contribution < 1.29 is 36.6 Å². The van der Waals surface area contributed by atoms with Crippen LogP contribution in [0.1, 0.15) is 90.4 Å². The highest BCUT2D eigenvalue weighted by molar-refractivity contribution is 7.52. The van der Waals surface area contributed by atoms with E-state index < -0.39 is 20.1 Å². The molecule has 0 amide bonds. The monoisotopic (exact) mass is 619 g/mol. The van der Waals surface area contributed by atoms with Crippen molar-refractivity contribution in [2.24, 2.45) is 0 Å². The molecule has 2 rings (SSSR count). The van der Waals surface area contributed by atoms with Crippen molar-refractivity contribution in [3.63, 3.8) is 0 Å². The van der Waals surface area contributed by atoms with Gasteiger partial charge in [-0.25, -0.2) is 15.0 Å². The van der Waals surface area contributed by atoms with Crippen molar-refractivity contribution in [3.8, 4) is 11.8 Å². The highest BCUT2D eigenvalue weighted by atomic mass is 31.2. The van der Waals surface area contributed by atoms with Gasteiger partial charge in [0.15, 0.2) is 11.5 Å². The second kappa shape index (κ2) is 19.9. The molecule has 0 radical (unpaired) electrons. The van der Waals surface area contributed by atoms with E-state index in [1.807, 2.05) is 0 Å². The van der Waals surface area contributed by atoms with E-state index in [-0.39, 0.29) is 18.5 Å². The van der Waals surface area contributed by atoms with E-state index >= 15 is 0 Å². The van der Waals surface area contributed by atoms with E-state index in [2.05, 4.69) is 20.9 Å². The van der Waals surface area contributed by atoms with Crippen LogP contribution >= 0.6 is 7.60 Å². The van der Waals surface area contributed by atoms with E-state index in [9.17, 15) is 22.6 Å². The number of hydrogen-bond acceptors (Lipinski definition) is 8. The molecule has 0 aliphatic rings. The maximum atomic E-state index is 12.3. The Labute approximate surface area is 246 Å². The number of alkyl halides is 3. The summed E-state index contributed by atoms with van der Waals surface area (Å²) in [6.45, 7) is 3.39. The summed E-state index contributed by atoms with van der Waals surface area (Å²) in [4.78, 5) is 22.3. The van der Waals surface area contributed by atoms with Gasteiger partial charge in [0.25, 0.3) is 0 Å². The zero-order valence-corrected chi connectivity index (χ0v) is 25.4. The maximum absolute atomic E-state index is 12.3. The van der Waals surface area contributed by atoms with Crippen molar-refractivity contribution in [2.45, 2.75) is 109 Å². The summed E-state index contributed by atoms with van der Waals surface area (Å²) < 4.78 is 66.0. The molecule has 1 unspecified atom stereocenters. The van der Waals surface area contributed by atoms with Crippen LogP contribution in [-0.2, 0) is 25.1 Å². The van der Waals surface area contributed by atoms with E-state index in [4.69, 9.17) is 19.7 Å². The molecule has 0 fully saturated rings. The summed E-state index contributed by atoms with van der Waals surface area (Å²) >= 11 is 0. The largest absolute Gasteiger partial charge is 0.457 e. The topological polar surface area (TPSA) is 135 Å². The van der Waals surface area contributed by atoms with Crippen LogP contribution in [-0.4, -0.2) is 62.9 Å². The summed E-state index contributed by atoms with van der Waals surface area (Å²) in [5.74, 6) is 3.77. The minimum absolute atomic E-state index is 0.111. The minimum atomic E-state index is -4.37. The fraction of sp³-hybridized carbons (Fsp3) is 0.750. The van der Waals surface area contributed by atoms with E-state index in [1.54, 1.807) is 17.8 Å². The quantitative estimate of drug-likeness (QED) is 0.0799. The van der Waals surface area contributed by atoms with E-state index in [0.717, 1.165) is 44.9 Å². The number of anilines is 1. The predicted molar refractivity (Wildman–Crippen MR) is 156 cm³/mol.